The SMILES string of the molecule is CCn1ccc(NC(=O)c2ccnc(C(=O)O)c2)n1. The molecule has 2 heterocycles. The van der Waals surface area contributed by atoms with Gasteiger partial charge in [-0.2, -0.15) is 5.10 Å². The predicted octanol–water partition coefficient (Wildman–Crippen LogP) is 1.25. The number of rotatable bonds is 4. The summed E-state index contributed by atoms with van der Waals surface area (Å²) in [7, 11) is 0. The van der Waals surface area contributed by atoms with E-state index in [0.717, 1.165) is 0 Å². The zero-order valence-electron chi connectivity index (χ0n) is 10.2. The van der Waals surface area contributed by atoms with Gasteiger partial charge in [-0.3, -0.25) is 9.48 Å². The van der Waals surface area contributed by atoms with Crippen LogP contribution in [0.5, 0.6) is 0 Å². The average Bonchev–Trinajstić information content (AvgIpc) is 2.86. The number of carboxylic acid groups (broad SMARTS) is 1. The van der Waals surface area contributed by atoms with Gasteiger partial charge in [0.15, 0.2) is 5.82 Å². The number of hydrogen-bond acceptors (Lipinski definition) is 4. The largest absolute Gasteiger partial charge is 0.477 e. The Morgan fingerprint density at radius 1 is 1.42 bits per heavy atom. The monoisotopic (exact) mass is 260 g/mol. The molecule has 2 aromatic rings. The molecule has 2 rings (SSSR count). The number of carboxylic acids is 1. The van der Waals surface area contributed by atoms with Crippen LogP contribution in [-0.2, 0) is 6.54 Å². The van der Waals surface area contributed by atoms with Crippen LogP contribution in [0.3, 0.4) is 0 Å². The minimum Gasteiger partial charge on any atom is -0.477 e. The molecule has 0 spiro atoms. The zero-order valence-corrected chi connectivity index (χ0v) is 10.2. The summed E-state index contributed by atoms with van der Waals surface area (Å²) in [6, 6.07) is 4.33. The first-order valence-corrected chi connectivity index (χ1v) is 5.64. The number of aromatic carboxylic acids is 1. The van der Waals surface area contributed by atoms with Crippen molar-refractivity contribution in [1.29, 1.82) is 0 Å². The summed E-state index contributed by atoms with van der Waals surface area (Å²) in [5.41, 5.74) is 0.0465. The van der Waals surface area contributed by atoms with Crippen LogP contribution < -0.4 is 5.32 Å². The van der Waals surface area contributed by atoms with Gasteiger partial charge in [-0.25, -0.2) is 9.78 Å². The summed E-state index contributed by atoms with van der Waals surface area (Å²) < 4.78 is 1.67. The van der Waals surface area contributed by atoms with Crippen molar-refractivity contribution in [3.05, 3.63) is 41.9 Å². The smallest absolute Gasteiger partial charge is 0.354 e. The van der Waals surface area contributed by atoms with Crippen LogP contribution in [0.1, 0.15) is 27.8 Å². The Hall–Kier alpha value is -2.70. The van der Waals surface area contributed by atoms with E-state index in [1.807, 2.05) is 6.92 Å². The Bertz CT molecular complexity index is 621. The number of anilines is 1. The second kappa shape index (κ2) is 5.30. The molecular weight excluding hydrogens is 248 g/mol. The molecule has 0 aliphatic heterocycles. The van der Waals surface area contributed by atoms with Crippen LogP contribution in [0.4, 0.5) is 5.82 Å². The maximum Gasteiger partial charge on any atom is 0.354 e. The van der Waals surface area contributed by atoms with Crippen molar-refractivity contribution in [3.63, 3.8) is 0 Å². The lowest BCUT2D eigenvalue weighted by atomic mass is 10.2. The molecule has 19 heavy (non-hydrogen) atoms. The molecule has 7 heteroatoms. The number of carbonyl (C=O) groups excluding carboxylic acids is 1. The fourth-order valence-corrected chi connectivity index (χ4v) is 1.48. The number of pyridine rings is 1. The third kappa shape index (κ3) is 2.95. The van der Waals surface area contributed by atoms with Crippen molar-refractivity contribution in [2.75, 3.05) is 5.32 Å². The first-order chi connectivity index (χ1) is 9.10. The number of nitrogens with one attached hydrogen (secondary N) is 1. The quantitative estimate of drug-likeness (QED) is 0.862. The Morgan fingerprint density at radius 2 is 2.21 bits per heavy atom. The van der Waals surface area contributed by atoms with E-state index < -0.39 is 11.9 Å². The molecule has 1 amide bonds. The van der Waals surface area contributed by atoms with Gasteiger partial charge < -0.3 is 10.4 Å². The lowest BCUT2D eigenvalue weighted by molar-refractivity contribution is 0.0690. The van der Waals surface area contributed by atoms with Gasteiger partial charge in [0.25, 0.3) is 5.91 Å². The molecule has 0 aliphatic carbocycles. The van der Waals surface area contributed by atoms with Gasteiger partial charge in [0, 0.05) is 30.6 Å². The molecule has 0 saturated carbocycles. The first-order valence-electron chi connectivity index (χ1n) is 5.64. The van der Waals surface area contributed by atoms with Gasteiger partial charge in [-0.1, -0.05) is 0 Å². The maximum atomic E-state index is 11.9. The highest BCUT2D eigenvalue weighted by atomic mass is 16.4. The Balaban J connectivity index is 2.15. The fourth-order valence-electron chi connectivity index (χ4n) is 1.48. The summed E-state index contributed by atoms with van der Waals surface area (Å²) in [5.74, 6) is -1.18. The van der Waals surface area contributed by atoms with Crippen LogP contribution in [0, 0.1) is 0 Å². The summed E-state index contributed by atoms with van der Waals surface area (Å²) in [6.45, 7) is 2.63. The van der Waals surface area contributed by atoms with Gasteiger partial charge in [0.2, 0.25) is 0 Å². The molecule has 0 saturated heterocycles. The molecule has 0 atom stereocenters. The highest BCUT2D eigenvalue weighted by molar-refractivity contribution is 6.04. The van der Waals surface area contributed by atoms with E-state index in [1.165, 1.54) is 18.3 Å². The van der Waals surface area contributed by atoms with E-state index in [9.17, 15) is 9.59 Å². The molecule has 2 N–H and O–H groups in total. The van der Waals surface area contributed by atoms with Crippen molar-refractivity contribution in [2.45, 2.75) is 13.5 Å². The van der Waals surface area contributed by atoms with Gasteiger partial charge in [-0.05, 0) is 19.1 Å². The Labute approximate surface area is 108 Å². The van der Waals surface area contributed by atoms with Gasteiger partial charge in [0.05, 0.1) is 0 Å². The van der Waals surface area contributed by atoms with Crippen molar-refractivity contribution < 1.29 is 14.7 Å². The normalized spacial score (nSPS) is 10.2. The second-order valence-electron chi connectivity index (χ2n) is 3.75. The summed E-state index contributed by atoms with van der Waals surface area (Å²) in [5, 5.41) is 15.5. The maximum absolute atomic E-state index is 11.9. The van der Waals surface area contributed by atoms with E-state index in [4.69, 9.17) is 5.11 Å². The van der Waals surface area contributed by atoms with Crippen molar-refractivity contribution >= 4 is 17.7 Å². The minimum atomic E-state index is -1.18. The number of carbonyl (C=O) groups is 2. The second-order valence-corrected chi connectivity index (χ2v) is 3.75. The van der Waals surface area contributed by atoms with Crippen LogP contribution in [0.2, 0.25) is 0 Å². The summed E-state index contributed by atoms with van der Waals surface area (Å²) in [4.78, 5) is 26.3. The number of nitrogens with zero attached hydrogens (tertiary/aromatic N) is 3. The molecule has 0 aromatic carbocycles. The van der Waals surface area contributed by atoms with E-state index in [2.05, 4.69) is 15.4 Å². The molecule has 98 valence electrons. The minimum absolute atomic E-state index is 0.174. The molecule has 0 aliphatic rings. The van der Waals surface area contributed by atoms with Crippen molar-refractivity contribution in [3.8, 4) is 0 Å². The van der Waals surface area contributed by atoms with E-state index in [1.54, 1.807) is 16.9 Å². The Kier molecular flexibility index (Phi) is 3.56. The fraction of sp³-hybridized carbons (Fsp3) is 0.167. The Morgan fingerprint density at radius 3 is 2.84 bits per heavy atom. The molecule has 0 fully saturated rings. The molecule has 7 nitrogen and oxygen atoms in total. The number of aryl methyl sites for hydroxylation is 1. The lowest BCUT2D eigenvalue weighted by Gasteiger charge is -2.02. The summed E-state index contributed by atoms with van der Waals surface area (Å²) >= 11 is 0. The van der Waals surface area contributed by atoms with Crippen LogP contribution in [0.15, 0.2) is 30.6 Å². The topological polar surface area (TPSA) is 97.1 Å². The first kappa shape index (κ1) is 12.7. The average molecular weight is 260 g/mol. The van der Waals surface area contributed by atoms with Crippen LogP contribution in [0.25, 0.3) is 0 Å². The number of hydrogen-bond donors (Lipinski definition) is 2. The van der Waals surface area contributed by atoms with Gasteiger partial charge in [0.1, 0.15) is 5.69 Å². The lowest BCUT2D eigenvalue weighted by Crippen LogP contribution is -2.14. The summed E-state index contributed by atoms with van der Waals surface area (Å²) in [6.07, 6.45) is 3.02. The third-order valence-electron chi connectivity index (χ3n) is 2.45. The molecule has 0 radical (unpaired) electrons. The third-order valence-corrected chi connectivity index (χ3v) is 2.45. The zero-order chi connectivity index (χ0) is 13.8. The molecule has 0 bridgehead atoms. The number of aromatic nitrogens is 3. The number of amides is 1. The van der Waals surface area contributed by atoms with E-state index in [0.29, 0.717) is 12.4 Å². The highest BCUT2D eigenvalue weighted by Gasteiger charge is 2.11. The van der Waals surface area contributed by atoms with Crippen molar-refractivity contribution in [2.24, 2.45) is 0 Å². The molecule has 0 unspecified atom stereocenters. The van der Waals surface area contributed by atoms with Crippen molar-refractivity contribution in [1.82, 2.24) is 14.8 Å². The molecule has 2 aromatic heterocycles. The molecular formula is C12H12N4O3. The van der Waals surface area contributed by atoms with Crippen LogP contribution in [-0.4, -0.2) is 31.7 Å². The predicted molar refractivity (Wildman–Crippen MR) is 67.1 cm³/mol. The van der Waals surface area contributed by atoms with Gasteiger partial charge >= 0.3 is 5.97 Å². The highest BCUT2D eigenvalue weighted by Crippen LogP contribution is 2.07. The standard InChI is InChI=1S/C12H12N4O3/c1-2-16-6-4-10(15-16)14-11(17)8-3-5-13-9(7-8)12(18)19/h3-7H,2H2,1H3,(H,18,19)(H,14,15,17). The van der Waals surface area contributed by atoms with Crippen LogP contribution >= 0.6 is 0 Å². The van der Waals surface area contributed by atoms with E-state index >= 15 is 0 Å². The van der Waals surface area contributed by atoms with E-state index in [-0.39, 0.29) is 11.3 Å². The van der Waals surface area contributed by atoms with Gasteiger partial charge in [-0.15, -0.1) is 0 Å².